The lowest BCUT2D eigenvalue weighted by atomic mass is 10.1. The first-order valence-corrected chi connectivity index (χ1v) is 6.47. The molecule has 3 nitrogen and oxygen atoms in total. The topological polar surface area (TPSA) is 48.1 Å². The van der Waals surface area contributed by atoms with Gasteiger partial charge in [-0.2, -0.15) is 0 Å². The van der Waals surface area contributed by atoms with Crippen molar-refractivity contribution in [2.45, 2.75) is 33.4 Å². The van der Waals surface area contributed by atoms with Gasteiger partial charge in [0.25, 0.3) is 0 Å². The summed E-state index contributed by atoms with van der Waals surface area (Å²) >= 11 is 0. The van der Waals surface area contributed by atoms with Gasteiger partial charge in [-0.3, -0.25) is 4.98 Å². The molecule has 19 heavy (non-hydrogen) atoms. The maximum atomic E-state index is 5.96. The van der Waals surface area contributed by atoms with Gasteiger partial charge in [0.2, 0.25) is 0 Å². The highest BCUT2D eigenvalue weighted by atomic mass is 16.5. The number of hydrogen-bond donors (Lipinski definition) is 1. The fraction of sp³-hybridized carbons (Fsp3) is 0.312. The van der Waals surface area contributed by atoms with Crippen molar-refractivity contribution in [1.82, 2.24) is 4.98 Å². The zero-order valence-corrected chi connectivity index (χ0v) is 11.7. The maximum Gasteiger partial charge on any atom is 0.130 e. The van der Waals surface area contributed by atoms with Crippen molar-refractivity contribution < 1.29 is 4.74 Å². The Labute approximate surface area is 114 Å². The van der Waals surface area contributed by atoms with Gasteiger partial charge in [-0.1, -0.05) is 18.2 Å². The molecule has 0 spiro atoms. The van der Waals surface area contributed by atoms with E-state index < -0.39 is 0 Å². The molecule has 1 aromatic heterocycles. The third-order valence-corrected chi connectivity index (χ3v) is 2.98. The van der Waals surface area contributed by atoms with Crippen LogP contribution in [0.1, 0.15) is 35.5 Å². The van der Waals surface area contributed by atoms with Crippen LogP contribution in [0.2, 0.25) is 0 Å². The van der Waals surface area contributed by atoms with E-state index in [0.29, 0.717) is 6.61 Å². The van der Waals surface area contributed by atoms with Crippen LogP contribution in [0.4, 0.5) is 0 Å². The van der Waals surface area contributed by atoms with Crippen LogP contribution in [-0.4, -0.2) is 4.98 Å². The zero-order valence-electron chi connectivity index (χ0n) is 11.7. The number of aryl methyl sites for hydroxylation is 2. The van der Waals surface area contributed by atoms with Crippen molar-refractivity contribution in [3.05, 3.63) is 58.9 Å². The molecule has 0 bridgehead atoms. The summed E-state index contributed by atoms with van der Waals surface area (Å²) in [4.78, 5) is 4.43. The predicted molar refractivity (Wildman–Crippen MR) is 77.1 cm³/mol. The number of aromatic nitrogens is 1. The van der Waals surface area contributed by atoms with Crippen LogP contribution in [0.15, 0.2) is 36.4 Å². The third kappa shape index (κ3) is 3.55. The highest BCUT2D eigenvalue weighted by molar-refractivity contribution is 5.39. The molecule has 100 valence electrons. The Bertz CT molecular complexity index is 564. The van der Waals surface area contributed by atoms with Crippen molar-refractivity contribution in [2.75, 3.05) is 0 Å². The molecule has 1 unspecified atom stereocenters. The monoisotopic (exact) mass is 256 g/mol. The SMILES string of the molecule is Cc1ccc(C(C)N)c(OCc2cccc(C)n2)c1. The van der Waals surface area contributed by atoms with Gasteiger partial charge in [-0.15, -0.1) is 0 Å². The quantitative estimate of drug-likeness (QED) is 0.913. The minimum Gasteiger partial charge on any atom is -0.487 e. The minimum absolute atomic E-state index is 0.0407. The summed E-state index contributed by atoms with van der Waals surface area (Å²) in [5.74, 6) is 0.846. The molecule has 2 N–H and O–H groups in total. The molecule has 0 saturated carbocycles. The van der Waals surface area contributed by atoms with Crippen molar-refractivity contribution >= 4 is 0 Å². The van der Waals surface area contributed by atoms with Gasteiger partial charge in [0.1, 0.15) is 12.4 Å². The van der Waals surface area contributed by atoms with E-state index in [9.17, 15) is 0 Å². The lowest BCUT2D eigenvalue weighted by Crippen LogP contribution is -2.08. The third-order valence-electron chi connectivity index (χ3n) is 2.98. The van der Waals surface area contributed by atoms with E-state index in [-0.39, 0.29) is 6.04 Å². The molecule has 1 heterocycles. The number of rotatable bonds is 4. The lowest BCUT2D eigenvalue weighted by molar-refractivity contribution is 0.296. The van der Waals surface area contributed by atoms with E-state index in [2.05, 4.69) is 11.1 Å². The van der Waals surface area contributed by atoms with Crippen LogP contribution in [0.25, 0.3) is 0 Å². The molecule has 1 atom stereocenters. The summed E-state index contributed by atoms with van der Waals surface area (Å²) < 4.78 is 5.88. The average molecular weight is 256 g/mol. The second-order valence-electron chi connectivity index (χ2n) is 4.89. The molecule has 0 aliphatic rings. The van der Waals surface area contributed by atoms with Gasteiger partial charge >= 0.3 is 0 Å². The number of hydrogen-bond acceptors (Lipinski definition) is 3. The van der Waals surface area contributed by atoms with Crippen LogP contribution < -0.4 is 10.5 Å². The molecule has 0 aliphatic carbocycles. The van der Waals surface area contributed by atoms with E-state index in [1.807, 2.05) is 51.1 Å². The first-order chi connectivity index (χ1) is 9.06. The molecular formula is C16H20N2O. The van der Waals surface area contributed by atoms with Gasteiger partial charge in [-0.25, -0.2) is 0 Å². The number of pyridine rings is 1. The minimum atomic E-state index is -0.0407. The Kier molecular flexibility index (Phi) is 4.17. The normalized spacial score (nSPS) is 12.2. The Balaban J connectivity index is 2.17. The van der Waals surface area contributed by atoms with E-state index in [1.54, 1.807) is 0 Å². The van der Waals surface area contributed by atoms with Crippen LogP contribution in [0, 0.1) is 13.8 Å². The Morgan fingerprint density at radius 1 is 1.21 bits per heavy atom. The molecule has 1 aromatic carbocycles. The summed E-state index contributed by atoms with van der Waals surface area (Å²) in [7, 11) is 0. The molecule has 0 saturated heterocycles. The van der Waals surface area contributed by atoms with Crippen LogP contribution in [0.5, 0.6) is 5.75 Å². The van der Waals surface area contributed by atoms with Crippen molar-refractivity contribution in [1.29, 1.82) is 0 Å². The molecule has 3 heteroatoms. The van der Waals surface area contributed by atoms with Crippen molar-refractivity contribution in [2.24, 2.45) is 5.73 Å². The molecular weight excluding hydrogens is 236 g/mol. The molecule has 2 rings (SSSR count). The van der Waals surface area contributed by atoms with E-state index in [0.717, 1.165) is 28.3 Å². The Hall–Kier alpha value is -1.87. The van der Waals surface area contributed by atoms with Gasteiger partial charge in [-0.05, 0) is 44.5 Å². The maximum absolute atomic E-state index is 5.96. The number of nitrogens with two attached hydrogens (primary N) is 1. The number of nitrogens with zero attached hydrogens (tertiary/aromatic N) is 1. The summed E-state index contributed by atoms with van der Waals surface area (Å²) in [5.41, 5.74) is 10.1. The average Bonchev–Trinajstić information content (AvgIpc) is 2.36. The van der Waals surface area contributed by atoms with Gasteiger partial charge in [0.05, 0.1) is 5.69 Å². The zero-order chi connectivity index (χ0) is 13.8. The summed E-state index contributed by atoms with van der Waals surface area (Å²) in [5, 5.41) is 0. The van der Waals surface area contributed by atoms with Gasteiger partial charge < -0.3 is 10.5 Å². The standard InChI is InChI=1S/C16H20N2O/c1-11-7-8-15(13(3)17)16(9-11)19-10-14-6-4-5-12(2)18-14/h4-9,13H,10,17H2,1-3H3. The Morgan fingerprint density at radius 2 is 2.00 bits per heavy atom. The second-order valence-corrected chi connectivity index (χ2v) is 4.89. The van der Waals surface area contributed by atoms with Gasteiger partial charge in [0.15, 0.2) is 0 Å². The second kappa shape index (κ2) is 5.85. The van der Waals surface area contributed by atoms with E-state index >= 15 is 0 Å². The number of ether oxygens (including phenoxy) is 1. The van der Waals surface area contributed by atoms with Gasteiger partial charge in [0, 0.05) is 17.3 Å². The highest BCUT2D eigenvalue weighted by Gasteiger charge is 2.08. The van der Waals surface area contributed by atoms with Crippen LogP contribution >= 0.6 is 0 Å². The van der Waals surface area contributed by atoms with E-state index in [1.165, 1.54) is 0 Å². The van der Waals surface area contributed by atoms with Crippen molar-refractivity contribution in [3.63, 3.8) is 0 Å². The van der Waals surface area contributed by atoms with E-state index in [4.69, 9.17) is 10.5 Å². The fourth-order valence-electron chi connectivity index (χ4n) is 1.97. The van der Waals surface area contributed by atoms with Crippen LogP contribution in [0.3, 0.4) is 0 Å². The Morgan fingerprint density at radius 3 is 2.68 bits per heavy atom. The summed E-state index contributed by atoms with van der Waals surface area (Å²) in [6, 6.07) is 12.0. The number of benzene rings is 1. The van der Waals surface area contributed by atoms with Crippen LogP contribution in [-0.2, 0) is 6.61 Å². The first kappa shape index (κ1) is 13.6. The molecule has 0 aliphatic heterocycles. The summed E-state index contributed by atoms with van der Waals surface area (Å²) in [6.07, 6.45) is 0. The molecule has 0 amide bonds. The fourth-order valence-corrected chi connectivity index (χ4v) is 1.97. The largest absolute Gasteiger partial charge is 0.487 e. The molecule has 2 aromatic rings. The lowest BCUT2D eigenvalue weighted by Gasteiger charge is -2.14. The smallest absolute Gasteiger partial charge is 0.130 e. The van der Waals surface area contributed by atoms with Crippen molar-refractivity contribution in [3.8, 4) is 5.75 Å². The highest BCUT2D eigenvalue weighted by Crippen LogP contribution is 2.25. The predicted octanol–water partition coefficient (Wildman–Crippen LogP) is 3.30. The first-order valence-electron chi connectivity index (χ1n) is 6.47. The molecule has 0 fully saturated rings. The summed E-state index contributed by atoms with van der Waals surface area (Å²) in [6.45, 7) is 6.44. The molecule has 0 radical (unpaired) electrons.